The molecule has 0 saturated carbocycles. The highest BCUT2D eigenvalue weighted by atomic mass is 35.5. The Balaban J connectivity index is 0.00000131. The van der Waals surface area contributed by atoms with Gasteiger partial charge >= 0.3 is 0 Å². The summed E-state index contributed by atoms with van der Waals surface area (Å²) >= 11 is 3.32. The summed E-state index contributed by atoms with van der Waals surface area (Å²) in [5.41, 5.74) is 3.77. The molecular formula is C19H25Cl2N3OS2. The predicted molar refractivity (Wildman–Crippen MR) is 118 cm³/mol. The number of carbonyl (C=O) groups excluding carboxylic acids is 1. The van der Waals surface area contributed by atoms with E-state index in [1.54, 1.807) is 23.1 Å². The van der Waals surface area contributed by atoms with Crippen molar-refractivity contribution < 1.29 is 4.79 Å². The molecular weight excluding hydrogens is 421 g/mol. The minimum Gasteiger partial charge on any atom is -0.339 e. The fourth-order valence-corrected chi connectivity index (χ4v) is 5.43. The van der Waals surface area contributed by atoms with E-state index >= 15 is 0 Å². The molecule has 3 heterocycles. The summed E-state index contributed by atoms with van der Waals surface area (Å²) in [6.07, 6.45) is 2.25. The molecule has 0 spiro atoms. The lowest BCUT2D eigenvalue weighted by Gasteiger charge is -2.22. The van der Waals surface area contributed by atoms with Crippen molar-refractivity contribution in [2.45, 2.75) is 23.5 Å². The van der Waals surface area contributed by atoms with E-state index in [-0.39, 0.29) is 30.7 Å². The molecule has 2 saturated heterocycles. The van der Waals surface area contributed by atoms with E-state index < -0.39 is 0 Å². The fourth-order valence-electron chi connectivity index (χ4n) is 3.82. The lowest BCUT2D eigenvalue weighted by molar-refractivity contribution is 0.0755. The molecule has 2 fully saturated rings. The number of hydrogen-bond acceptors (Lipinski definition) is 5. The average Bonchev–Trinajstić information content (AvgIpc) is 3.28. The number of nitrogens with one attached hydrogen (secondary N) is 1. The Morgan fingerprint density at radius 2 is 1.89 bits per heavy atom. The van der Waals surface area contributed by atoms with E-state index in [2.05, 4.69) is 26.6 Å². The topological polar surface area (TPSA) is 45.2 Å². The minimum atomic E-state index is 0. The summed E-state index contributed by atoms with van der Waals surface area (Å²) in [5.74, 6) is 2.48. The molecule has 0 unspecified atom stereocenters. The van der Waals surface area contributed by atoms with Crippen molar-refractivity contribution in [2.24, 2.45) is 11.8 Å². The molecule has 27 heavy (non-hydrogen) atoms. The van der Waals surface area contributed by atoms with Gasteiger partial charge in [-0.25, -0.2) is 4.98 Å². The number of carbonyl (C=O) groups is 1. The summed E-state index contributed by atoms with van der Waals surface area (Å²) in [7, 11) is 0. The normalized spacial score (nSPS) is 21.6. The molecule has 148 valence electrons. The Bertz CT molecular complexity index is 716. The van der Waals surface area contributed by atoms with E-state index in [9.17, 15) is 4.79 Å². The van der Waals surface area contributed by atoms with E-state index in [0.29, 0.717) is 0 Å². The number of amides is 1. The van der Waals surface area contributed by atoms with Crippen molar-refractivity contribution in [1.29, 1.82) is 0 Å². The molecule has 1 aromatic heterocycles. The van der Waals surface area contributed by atoms with E-state index in [1.807, 2.05) is 23.7 Å². The summed E-state index contributed by atoms with van der Waals surface area (Å²) in [6, 6.07) is 8.01. The van der Waals surface area contributed by atoms with Crippen LogP contribution in [0.3, 0.4) is 0 Å². The number of nitrogens with zero attached hydrogens (tertiary/aromatic N) is 2. The van der Waals surface area contributed by atoms with Crippen molar-refractivity contribution in [1.82, 2.24) is 15.2 Å². The predicted octanol–water partition coefficient (Wildman–Crippen LogP) is 4.35. The van der Waals surface area contributed by atoms with Crippen molar-refractivity contribution in [3.05, 3.63) is 46.4 Å². The van der Waals surface area contributed by atoms with Gasteiger partial charge in [-0.15, -0.1) is 47.9 Å². The first-order chi connectivity index (χ1) is 12.3. The zero-order valence-corrected chi connectivity index (χ0v) is 18.3. The molecule has 2 aliphatic rings. The SMILES string of the molecule is Cl.Cl.O=C(c1ccccc1SCc1cscn1)N1CC[C@@H]2CNC[C@@H]2CC1. The van der Waals surface area contributed by atoms with Gasteiger partial charge in [0.25, 0.3) is 5.91 Å². The van der Waals surface area contributed by atoms with Gasteiger partial charge in [0, 0.05) is 29.1 Å². The van der Waals surface area contributed by atoms with Gasteiger partial charge in [-0.1, -0.05) is 12.1 Å². The minimum absolute atomic E-state index is 0. The van der Waals surface area contributed by atoms with Crippen molar-refractivity contribution >= 4 is 53.8 Å². The van der Waals surface area contributed by atoms with Crippen LogP contribution in [0.1, 0.15) is 28.9 Å². The highest BCUT2D eigenvalue weighted by Crippen LogP contribution is 2.30. The lowest BCUT2D eigenvalue weighted by atomic mass is 9.92. The standard InChI is InChI=1S/C19H23N3OS2.2ClH/c23-19(22-7-5-14-9-20-10-15(14)6-8-22)17-3-1-2-4-18(17)25-12-16-11-24-13-21-16;;/h1-4,11,13-15,20H,5-10,12H2;2*1H/t14-,15+;;. The molecule has 2 aromatic rings. The Labute approximate surface area is 181 Å². The maximum Gasteiger partial charge on any atom is 0.254 e. The van der Waals surface area contributed by atoms with Crippen LogP contribution < -0.4 is 5.32 Å². The maximum atomic E-state index is 13.1. The van der Waals surface area contributed by atoms with Crippen LogP contribution in [0.5, 0.6) is 0 Å². The molecule has 4 nitrogen and oxygen atoms in total. The third-order valence-corrected chi connectivity index (χ3v) is 7.03. The second kappa shape index (κ2) is 10.7. The zero-order valence-electron chi connectivity index (χ0n) is 15.0. The highest BCUT2D eigenvalue weighted by Gasteiger charge is 2.32. The highest BCUT2D eigenvalue weighted by molar-refractivity contribution is 7.98. The molecule has 1 N–H and O–H groups in total. The zero-order chi connectivity index (χ0) is 17.1. The Morgan fingerprint density at radius 1 is 1.19 bits per heavy atom. The molecule has 8 heteroatoms. The monoisotopic (exact) mass is 445 g/mol. The quantitative estimate of drug-likeness (QED) is 0.710. The first kappa shape index (κ1) is 22.5. The van der Waals surface area contributed by atoms with Crippen molar-refractivity contribution in [2.75, 3.05) is 26.2 Å². The molecule has 1 amide bonds. The number of hydrogen-bond donors (Lipinski definition) is 1. The number of benzene rings is 1. The van der Waals surface area contributed by atoms with Gasteiger partial charge in [-0.05, 0) is 49.9 Å². The largest absolute Gasteiger partial charge is 0.339 e. The number of halogens is 2. The molecule has 0 radical (unpaired) electrons. The second-order valence-corrected chi connectivity index (χ2v) is 8.55. The van der Waals surface area contributed by atoms with Gasteiger partial charge in [-0.3, -0.25) is 4.79 Å². The van der Waals surface area contributed by atoms with Crippen LogP contribution in [-0.2, 0) is 5.75 Å². The van der Waals surface area contributed by atoms with Gasteiger partial charge in [0.1, 0.15) is 0 Å². The number of aromatic nitrogens is 1. The fraction of sp³-hybridized carbons (Fsp3) is 0.474. The van der Waals surface area contributed by atoms with Gasteiger partial charge in [-0.2, -0.15) is 0 Å². The number of likely N-dealkylation sites (tertiary alicyclic amines) is 1. The van der Waals surface area contributed by atoms with Crippen LogP contribution in [0.15, 0.2) is 40.1 Å². The number of rotatable bonds is 4. The van der Waals surface area contributed by atoms with Crippen LogP contribution in [0.2, 0.25) is 0 Å². The van der Waals surface area contributed by atoms with E-state index in [0.717, 1.165) is 72.8 Å². The second-order valence-electron chi connectivity index (χ2n) is 6.81. The Kier molecular flexibility index (Phi) is 8.89. The summed E-state index contributed by atoms with van der Waals surface area (Å²) < 4.78 is 0. The number of thioether (sulfide) groups is 1. The smallest absolute Gasteiger partial charge is 0.254 e. The molecule has 0 bridgehead atoms. The van der Waals surface area contributed by atoms with E-state index in [1.165, 1.54) is 0 Å². The van der Waals surface area contributed by atoms with Crippen molar-refractivity contribution in [3.63, 3.8) is 0 Å². The number of thiazole rings is 1. The van der Waals surface area contributed by atoms with Crippen molar-refractivity contribution in [3.8, 4) is 0 Å². The summed E-state index contributed by atoms with van der Waals surface area (Å²) in [5, 5.41) is 5.56. The average molecular weight is 446 g/mol. The first-order valence-corrected chi connectivity index (χ1v) is 10.8. The van der Waals surface area contributed by atoms with Gasteiger partial charge in [0.2, 0.25) is 0 Å². The third-order valence-electron chi connectivity index (χ3n) is 5.28. The maximum absolute atomic E-state index is 13.1. The summed E-state index contributed by atoms with van der Waals surface area (Å²) in [6.45, 7) is 4.00. The lowest BCUT2D eigenvalue weighted by Crippen LogP contribution is -2.33. The molecule has 0 aliphatic carbocycles. The molecule has 2 aliphatic heterocycles. The Hall–Kier alpha value is -0.790. The van der Waals surface area contributed by atoms with Crippen LogP contribution in [0.25, 0.3) is 0 Å². The van der Waals surface area contributed by atoms with Gasteiger partial charge in [0.05, 0.1) is 16.8 Å². The third kappa shape index (κ3) is 5.39. The Morgan fingerprint density at radius 3 is 2.56 bits per heavy atom. The van der Waals surface area contributed by atoms with Crippen LogP contribution >= 0.6 is 47.9 Å². The van der Waals surface area contributed by atoms with Crippen LogP contribution in [0.4, 0.5) is 0 Å². The van der Waals surface area contributed by atoms with Gasteiger partial charge in [0.15, 0.2) is 0 Å². The van der Waals surface area contributed by atoms with E-state index in [4.69, 9.17) is 0 Å². The summed E-state index contributed by atoms with van der Waals surface area (Å²) in [4.78, 5) is 20.6. The van der Waals surface area contributed by atoms with Gasteiger partial charge < -0.3 is 10.2 Å². The first-order valence-electron chi connectivity index (χ1n) is 8.90. The van der Waals surface area contributed by atoms with Crippen LogP contribution in [0, 0.1) is 11.8 Å². The number of fused-ring (bicyclic) bond motifs is 1. The molecule has 1 aromatic carbocycles. The molecule has 4 rings (SSSR count). The van der Waals surface area contributed by atoms with Crippen LogP contribution in [-0.4, -0.2) is 42.0 Å². The molecule has 2 atom stereocenters.